The molecule has 1 atom stereocenters. The third-order valence-corrected chi connectivity index (χ3v) is 6.97. The van der Waals surface area contributed by atoms with Crippen LogP contribution < -0.4 is 42.4 Å². The molecule has 1 unspecified atom stereocenters. The number of unbranched alkanes of at least 4 members (excludes halogenated alkanes) is 1. The van der Waals surface area contributed by atoms with Crippen LogP contribution in [0.1, 0.15) is 51.5 Å². The molecule has 128 valence electrons. The van der Waals surface area contributed by atoms with E-state index in [-0.39, 0.29) is 68.5 Å². The quantitative estimate of drug-likeness (QED) is 0.303. The summed E-state index contributed by atoms with van der Waals surface area (Å²) in [5, 5.41) is 2.24. The van der Waals surface area contributed by atoms with Gasteiger partial charge in [0.15, 0.2) is 0 Å². The van der Waals surface area contributed by atoms with Gasteiger partial charge in [-0.2, -0.15) is 16.8 Å². The van der Waals surface area contributed by atoms with Crippen molar-refractivity contribution in [3.05, 3.63) is 48.1 Å². The number of halogens is 3. The van der Waals surface area contributed by atoms with Gasteiger partial charge in [0.25, 0.3) is 0 Å². The number of hydrogen-bond donors (Lipinski definition) is 0. The number of allylic oxidation sites excluding steroid dienone is 4. The standard InChI is InChI=1S/C18H27Si.3ClH.Ti/c1-3-5-10-16-11-9-12-17(16)19-18(13-4-2)14-7-6-8-15-18;;;;/h6-9,11-12,14H,3-5,10,13,15,19H2,1-2H3;3*1H;/q-1;;;;+4/p-3. The van der Waals surface area contributed by atoms with Crippen LogP contribution in [-0.2, 0) is 28.1 Å². The summed E-state index contributed by atoms with van der Waals surface area (Å²) in [6.07, 6.45) is 17.2. The van der Waals surface area contributed by atoms with Crippen molar-refractivity contribution in [2.45, 2.75) is 57.4 Å². The normalized spacial score (nSPS) is 18.7. The summed E-state index contributed by atoms with van der Waals surface area (Å²) in [7, 11) is -0.228. The fraction of sp³-hybridized carbons (Fsp3) is 0.500. The molecule has 1 aliphatic carbocycles. The largest absolute Gasteiger partial charge is 4.00 e. The molecular weight excluding hydrogens is 399 g/mol. The van der Waals surface area contributed by atoms with Crippen LogP contribution in [0.3, 0.4) is 0 Å². The van der Waals surface area contributed by atoms with Gasteiger partial charge in [0.2, 0.25) is 0 Å². The average molecular weight is 426 g/mol. The van der Waals surface area contributed by atoms with Gasteiger partial charge < -0.3 is 37.2 Å². The van der Waals surface area contributed by atoms with Crippen LogP contribution in [0, 0.1) is 0 Å². The van der Waals surface area contributed by atoms with Crippen LogP contribution in [-0.4, -0.2) is 9.52 Å². The summed E-state index contributed by atoms with van der Waals surface area (Å²) in [6, 6.07) is 7.04. The summed E-state index contributed by atoms with van der Waals surface area (Å²) in [5.41, 5.74) is 1.65. The predicted molar refractivity (Wildman–Crippen MR) is 89.3 cm³/mol. The zero-order valence-electron chi connectivity index (χ0n) is 14.1. The molecule has 0 fully saturated rings. The van der Waals surface area contributed by atoms with Crippen molar-refractivity contribution >= 4 is 14.7 Å². The smallest absolute Gasteiger partial charge is 1.00 e. The van der Waals surface area contributed by atoms with Crippen molar-refractivity contribution in [1.82, 2.24) is 0 Å². The van der Waals surface area contributed by atoms with Crippen molar-refractivity contribution in [3.8, 4) is 0 Å². The minimum atomic E-state index is -0.228. The van der Waals surface area contributed by atoms with Gasteiger partial charge in [-0.15, -0.1) is 0 Å². The molecule has 0 radical (unpaired) electrons. The number of hydrogen-bond acceptors (Lipinski definition) is 0. The third kappa shape index (κ3) is 8.52. The zero-order chi connectivity index (χ0) is 13.6. The van der Waals surface area contributed by atoms with Gasteiger partial charge in [-0.25, -0.2) is 12.1 Å². The molecule has 0 nitrogen and oxygen atoms in total. The van der Waals surface area contributed by atoms with E-state index in [1.807, 2.05) is 0 Å². The maximum atomic E-state index is 2.51. The molecule has 0 amide bonds. The van der Waals surface area contributed by atoms with Crippen molar-refractivity contribution < 1.29 is 58.9 Å². The van der Waals surface area contributed by atoms with Crippen LogP contribution in [0.15, 0.2) is 42.5 Å². The maximum absolute atomic E-state index is 2.51. The van der Waals surface area contributed by atoms with Crippen LogP contribution in [0.4, 0.5) is 0 Å². The molecule has 0 aromatic heterocycles. The van der Waals surface area contributed by atoms with Gasteiger partial charge in [-0.3, -0.25) is 0 Å². The Balaban J connectivity index is -0.000001000. The molecule has 0 bridgehead atoms. The van der Waals surface area contributed by atoms with Gasteiger partial charge in [0, 0.05) is 9.52 Å². The fourth-order valence-electron chi connectivity index (χ4n) is 3.27. The second-order valence-corrected chi connectivity index (χ2v) is 8.48. The average Bonchev–Trinajstić information content (AvgIpc) is 2.84. The molecule has 0 saturated heterocycles. The molecule has 1 aromatic rings. The molecule has 5 heteroatoms. The van der Waals surface area contributed by atoms with Gasteiger partial charge >= 0.3 is 21.7 Å². The SMILES string of the molecule is CCCCc1ccc[c-]1[SiH2]C1(CCC)C=CC=CC1.[Cl-].[Cl-].[Cl-].[Ti+4]. The Bertz CT molecular complexity index is 457. The van der Waals surface area contributed by atoms with E-state index < -0.39 is 0 Å². The fourth-order valence-corrected chi connectivity index (χ4v) is 5.90. The Morgan fingerprint density at radius 3 is 2.43 bits per heavy atom. The van der Waals surface area contributed by atoms with Crippen LogP contribution >= 0.6 is 0 Å². The first-order valence-electron chi connectivity index (χ1n) is 7.87. The predicted octanol–water partition coefficient (Wildman–Crippen LogP) is -4.97. The van der Waals surface area contributed by atoms with Gasteiger partial charge in [-0.1, -0.05) is 63.8 Å². The van der Waals surface area contributed by atoms with E-state index in [2.05, 4.69) is 56.4 Å². The molecule has 1 aliphatic rings. The van der Waals surface area contributed by atoms with Gasteiger partial charge in [0.1, 0.15) is 0 Å². The van der Waals surface area contributed by atoms with E-state index in [1.54, 1.807) is 10.8 Å². The van der Waals surface area contributed by atoms with Gasteiger partial charge in [-0.05, 0) is 17.9 Å². The first-order valence-corrected chi connectivity index (χ1v) is 9.29. The first kappa shape index (κ1) is 28.4. The summed E-state index contributed by atoms with van der Waals surface area (Å²) < 4.78 is 0. The van der Waals surface area contributed by atoms with Crippen molar-refractivity contribution in [2.24, 2.45) is 0 Å². The second kappa shape index (κ2) is 14.9. The summed E-state index contributed by atoms with van der Waals surface area (Å²) in [6.45, 7) is 4.61. The molecule has 0 heterocycles. The minimum Gasteiger partial charge on any atom is -1.00 e. The molecule has 1 aromatic carbocycles. The van der Waals surface area contributed by atoms with E-state index in [0.717, 1.165) is 0 Å². The van der Waals surface area contributed by atoms with Crippen molar-refractivity contribution in [3.63, 3.8) is 0 Å². The minimum absolute atomic E-state index is 0. The number of rotatable bonds is 7. The van der Waals surface area contributed by atoms with Crippen molar-refractivity contribution in [1.29, 1.82) is 0 Å². The van der Waals surface area contributed by atoms with E-state index >= 15 is 0 Å². The Morgan fingerprint density at radius 2 is 1.87 bits per heavy atom. The van der Waals surface area contributed by atoms with Crippen LogP contribution in [0.5, 0.6) is 0 Å². The van der Waals surface area contributed by atoms with Gasteiger partial charge in [0.05, 0.1) is 0 Å². The molecular formula is C18H27Cl3SiTi. The monoisotopic (exact) mass is 424 g/mol. The zero-order valence-corrected chi connectivity index (χ0v) is 19.4. The third-order valence-electron chi connectivity index (χ3n) is 4.32. The molecule has 0 aliphatic heterocycles. The molecule has 0 N–H and O–H groups in total. The topological polar surface area (TPSA) is 0 Å². The Kier molecular flexibility index (Phi) is 18.5. The Hall–Kier alpha value is 0.631. The Morgan fingerprint density at radius 1 is 1.13 bits per heavy atom. The van der Waals surface area contributed by atoms with Crippen LogP contribution in [0.2, 0.25) is 5.04 Å². The second-order valence-electron chi connectivity index (χ2n) is 5.96. The molecule has 0 saturated carbocycles. The van der Waals surface area contributed by atoms with E-state index in [0.29, 0.717) is 5.04 Å². The van der Waals surface area contributed by atoms with E-state index in [4.69, 9.17) is 0 Å². The summed E-state index contributed by atoms with van der Waals surface area (Å²) in [4.78, 5) is 0. The summed E-state index contributed by atoms with van der Waals surface area (Å²) in [5.74, 6) is 0. The van der Waals surface area contributed by atoms with Crippen LogP contribution in [0.25, 0.3) is 0 Å². The van der Waals surface area contributed by atoms with Crippen molar-refractivity contribution in [2.75, 3.05) is 0 Å². The summed E-state index contributed by atoms with van der Waals surface area (Å²) >= 11 is 0. The van der Waals surface area contributed by atoms with E-state index in [1.165, 1.54) is 38.5 Å². The van der Waals surface area contributed by atoms with E-state index in [9.17, 15) is 0 Å². The Labute approximate surface area is 178 Å². The first-order chi connectivity index (χ1) is 9.29. The molecule has 23 heavy (non-hydrogen) atoms. The number of aryl methyl sites for hydroxylation is 1. The maximum Gasteiger partial charge on any atom is 4.00 e. The molecule has 2 rings (SSSR count). The molecule has 0 spiro atoms.